The van der Waals surface area contributed by atoms with Gasteiger partial charge in [0, 0.05) is 6.07 Å². The highest BCUT2D eigenvalue weighted by molar-refractivity contribution is 5.33. The van der Waals surface area contributed by atoms with Crippen molar-refractivity contribution in [3.05, 3.63) is 24.3 Å². The third kappa shape index (κ3) is 3.11. The first-order valence-electron chi connectivity index (χ1n) is 5.85. The molecule has 4 nitrogen and oxygen atoms in total. The predicted molar refractivity (Wildman–Crippen MR) is 61.5 cm³/mol. The maximum atomic E-state index is 5.66. The van der Waals surface area contributed by atoms with Gasteiger partial charge in [0.05, 0.1) is 13.2 Å². The van der Waals surface area contributed by atoms with Crippen molar-refractivity contribution in [1.29, 1.82) is 0 Å². The van der Waals surface area contributed by atoms with E-state index in [0.717, 1.165) is 24.7 Å². The van der Waals surface area contributed by atoms with Crippen LogP contribution in [0.1, 0.15) is 6.92 Å². The van der Waals surface area contributed by atoms with E-state index in [1.165, 1.54) is 0 Å². The topological polar surface area (TPSA) is 43.5 Å². The lowest BCUT2D eigenvalue weighted by molar-refractivity contribution is 0.201. The summed E-state index contributed by atoms with van der Waals surface area (Å²) in [6.45, 7) is 4.83. The minimum Gasteiger partial charge on any atom is -0.491 e. The number of hydrogen-bond acceptors (Lipinski definition) is 4. The van der Waals surface area contributed by atoms with E-state index in [1.54, 1.807) is 0 Å². The molecule has 2 heterocycles. The Bertz CT molecular complexity index is 396. The summed E-state index contributed by atoms with van der Waals surface area (Å²) in [6.07, 6.45) is 0.276. The second kappa shape index (κ2) is 4.20. The van der Waals surface area contributed by atoms with E-state index in [0.29, 0.717) is 13.2 Å². The molecule has 0 amide bonds. The van der Waals surface area contributed by atoms with Gasteiger partial charge in [-0.3, -0.25) is 0 Å². The smallest absolute Gasteiger partial charge is 0.123 e. The monoisotopic (exact) mass is 236 g/mol. The molecule has 1 aromatic carbocycles. The van der Waals surface area contributed by atoms with Gasteiger partial charge in [0.25, 0.3) is 0 Å². The number of rotatable bonds is 6. The van der Waals surface area contributed by atoms with Crippen LogP contribution in [-0.4, -0.2) is 38.1 Å². The van der Waals surface area contributed by atoms with Gasteiger partial charge in [-0.15, -0.1) is 0 Å². The molecule has 0 N–H and O–H groups in total. The van der Waals surface area contributed by atoms with Gasteiger partial charge in [-0.05, 0) is 19.1 Å². The number of ether oxygens (including phenoxy) is 4. The average molecular weight is 236 g/mol. The van der Waals surface area contributed by atoms with Crippen LogP contribution >= 0.6 is 0 Å². The van der Waals surface area contributed by atoms with E-state index in [4.69, 9.17) is 18.9 Å². The van der Waals surface area contributed by atoms with E-state index >= 15 is 0 Å². The summed E-state index contributed by atoms with van der Waals surface area (Å²) in [5.41, 5.74) is -0.0846. The van der Waals surface area contributed by atoms with Crippen LogP contribution in [0.25, 0.3) is 0 Å². The molecule has 0 spiro atoms. The molecule has 2 atom stereocenters. The Morgan fingerprint density at radius 1 is 1.35 bits per heavy atom. The summed E-state index contributed by atoms with van der Waals surface area (Å²) >= 11 is 0. The fourth-order valence-corrected chi connectivity index (χ4v) is 1.45. The van der Waals surface area contributed by atoms with Crippen molar-refractivity contribution >= 4 is 0 Å². The van der Waals surface area contributed by atoms with Crippen molar-refractivity contribution in [2.24, 2.45) is 0 Å². The highest BCUT2D eigenvalue weighted by Gasteiger charge is 2.40. The Morgan fingerprint density at radius 3 is 2.71 bits per heavy atom. The van der Waals surface area contributed by atoms with E-state index in [1.807, 2.05) is 31.2 Å². The molecule has 2 unspecified atom stereocenters. The summed E-state index contributed by atoms with van der Waals surface area (Å²) in [7, 11) is 0. The summed E-state index contributed by atoms with van der Waals surface area (Å²) in [5.74, 6) is 1.64. The molecule has 92 valence electrons. The number of hydrogen-bond donors (Lipinski definition) is 0. The van der Waals surface area contributed by atoms with Crippen molar-refractivity contribution in [2.45, 2.75) is 18.6 Å². The van der Waals surface area contributed by atoms with Gasteiger partial charge in [-0.1, -0.05) is 6.07 Å². The largest absolute Gasteiger partial charge is 0.491 e. The Hall–Kier alpha value is -1.26. The Morgan fingerprint density at radius 2 is 2.06 bits per heavy atom. The first-order chi connectivity index (χ1) is 8.23. The minimum absolute atomic E-state index is 0.0846. The first kappa shape index (κ1) is 10.9. The highest BCUT2D eigenvalue weighted by atomic mass is 16.6. The lowest BCUT2D eigenvalue weighted by atomic mass is 10.2. The molecule has 0 radical (unpaired) electrons. The lowest BCUT2D eigenvalue weighted by Crippen LogP contribution is -2.16. The number of epoxide rings is 2. The fraction of sp³-hybridized carbons (Fsp3) is 0.538. The molecule has 17 heavy (non-hydrogen) atoms. The van der Waals surface area contributed by atoms with Gasteiger partial charge in [-0.2, -0.15) is 0 Å². The van der Waals surface area contributed by atoms with Crippen LogP contribution in [0.4, 0.5) is 0 Å². The van der Waals surface area contributed by atoms with Crippen LogP contribution in [0.5, 0.6) is 11.5 Å². The van der Waals surface area contributed by atoms with Gasteiger partial charge in [0.2, 0.25) is 0 Å². The molecular formula is C13H16O4. The second-order valence-electron chi connectivity index (χ2n) is 4.77. The van der Waals surface area contributed by atoms with Gasteiger partial charge < -0.3 is 18.9 Å². The molecule has 2 fully saturated rings. The molecule has 0 saturated carbocycles. The zero-order valence-corrected chi connectivity index (χ0v) is 9.85. The zero-order chi connectivity index (χ0) is 11.7. The van der Waals surface area contributed by atoms with Crippen LogP contribution in [0.2, 0.25) is 0 Å². The van der Waals surface area contributed by atoms with Crippen molar-refractivity contribution in [3.63, 3.8) is 0 Å². The standard InChI is InChI=1S/C13H16O4/c1-13(9-17-13)8-16-11-4-2-3-10(5-11)14-6-12-7-15-12/h2-5,12H,6-9H2,1H3. The molecule has 2 aliphatic rings. The molecule has 0 aliphatic carbocycles. The maximum Gasteiger partial charge on any atom is 0.123 e. The van der Waals surface area contributed by atoms with Gasteiger partial charge in [0.1, 0.15) is 36.4 Å². The van der Waals surface area contributed by atoms with Crippen LogP contribution in [0.3, 0.4) is 0 Å². The van der Waals surface area contributed by atoms with Crippen LogP contribution in [0.15, 0.2) is 24.3 Å². The van der Waals surface area contributed by atoms with Crippen molar-refractivity contribution < 1.29 is 18.9 Å². The molecule has 4 heteroatoms. The SMILES string of the molecule is CC1(COc2cccc(OCC3CO3)c2)CO1. The number of benzene rings is 1. The first-order valence-corrected chi connectivity index (χ1v) is 5.85. The zero-order valence-electron chi connectivity index (χ0n) is 9.85. The van der Waals surface area contributed by atoms with Crippen molar-refractivity contribution in [1.82, 2.24) is 0 Å². The van der Waals surface area contributed by atoms with E-state index < -0.39 is 0 Å². The Kier molecular flexibility index (Phi) is 2.68. The highest BCUT2D eigenvalue weighted by Crippen LogP contribution is 2.28. The van der Waals surface area contributed by atoms with Gasteiger partial charge >= 0.3 is 0 Å². The summed E-state index contributed by atoms with van der Waals surface area (Å²) in [4.78, 5) is 0. The maximum absolute atomic E-state index is 5.66. The van der Waals surface area contributed by atoms with Crippen molar-refractivity contribution in [2.75, 3.05) is 26.4 Å². The van der Waals surface area contributed by atoms with E-state index in [9.17, 15) is 0 Å². The predicted octanol–water partition coefficient (Wildman–Crippen LogP) is 1.63. The molecular weight excluding hydrogens is 220 g/mol. The average Bonchev–Trinajstić information content (AvgIpc) is 3.23. The van der Waals surface area contributed by atoms with Crippen LogP contribution < -0.4 is 9.47 Å². The molecule has 1 aromatic rings. The van der Waals surface area contributed by atoms with Gasteiger partial charge in [0.15, 0.2) is 0 Å². The summed E-state index contributed by atoms with van der Waals surface area (Å²) in [5, 5.41) is 0. The lowest BCUT2D eigenvalue weighted by Gasteiger charge is -2.10. The van der Waals surface area contributed by atoms with Crippen LogP contribution in [-0.2, 0) is 9.47 Å². The fourth-order valence-electron chi connectivity index (χ4n) is 1.45. The van der Waals surface area contributed by atoms with E-state index in [2.05, 4.69) is 0 Å². The Labute approximate surface area is 100 Å². The minimum atomic E-state index is -0.0846. The van der Waals surface area contributed by atoms with E-state index in [-0.39, 0.29) is 11.7 Å². The molecule has 3 rings (SSSR count). The summed E-state index contributed by atoms with van der Waals surface area (Å²) < 4.78 is 21.6. The third-order valence-corrected chi connectivity index (χ3v) is 2.83. The van der Waals surface area contributed by atoms with Crippen molar-refractivity contribution in [3.8, 4) is 11.5 Å². The molecule has 0 bridgehead atoms. The normalized spacial score (nSPS) is 29.8. The Balaban J connectivity index is 1.53. The quantitative estimate of drug-likeness (QED) is 0.704. The molecule has 2 saturated heterocycles. The third-order valence-electron chi connectivity index (χ3n) is 2.83. The van der Waals surface area contributed by atoms with Crippen LogP contribution in [0, 0.1) is 0 Å². The molecule has 2 aliphatic heterocycles. The second-order valence-corrected chi connectivity index (χ2v) is 4.77. The van der Waals surface area contributed by atoms with Gasteiger partial charge in [-0.25, -0.2) is 0 Å². The molecule has 0 aromatic heterocycles. The summed E-state index contributed by atoms with van der Waals surface area (Å²) in [6, 6.07) is 7.67.